The van der Waals surface area contributed by atoms with Crippen molar-refractivity contribution in [2.45, 2.75) is 33.6 Å². The van der Waals surface area contributed by atoms with E-state index in [0.29, 0.717) is 6.42 Å². The minimum absolute atomic E-state index is 0.260. The zero-order valence-electron chi connectivity index (χ0n) is 10.9. The van der Waals surface area contributed by atoms with E-state index in [1.54, 1.807) is 33.3 Å². The first-order valence-electron chi connectivity index (χ1n) is 5.85. The quantitative estimate of drug-likeness (QED) is 0.799. The molecule has 0 bridgehead atoms. The van der Waals surface area contributed by atoms with Crippen LogP contribution in [0.3, 0.4) is 0 Å². The topological polar surface area (TPSA) is 84.1 Å². The van der Waals surface area contributed by atoms with Crippen LogP contribution in [0.5, 0.6) is 0 Å². The van der Waals surface area contributed by atoms with Gasteiger partial charge in [0.2, 0.25) is 5.91 Å². The Morgan fingerprint density at radius 2 is 2.17 bits per heavy atom. The van der Waals surface area contributed by atoms with Crippen LogP contribution in [0, 0.1) is 5.41 Å². The van der Waals surface area contributed by atoms with Crippen LogP contribution in [0.2, 0.25) is 0 Å². The molecule has 1 aromatic heterocycles. The van der Waals surface area contributed by atoms with E-state index in [1.165, 1.54) is 0 Å². The molecular formula is C12H19N3O3. The van der Waals surface area contributed by atoms with Crippen LogP contribution in [0.25, 0.3) is 0 Å². The minimum Gasteiger partial charge on any atom is -0.449 e. The van der Waals surface area contributed by atoms with Crippen LogP contribution < -0.4 is 5.32 Å². The van der Waals surface area contributed by atoms with Gasteiger partial charge < -0.3 is 9.72 Å². The van der Waals surface area contributed by atoms with Crippen molar-refractivity contribution < 1.29 is 14.3 Å². The normalized spacial score (nSPS) is 11.1. The number of amides is 2. The Balaban J connectivity index is 2.16. The average molecular weight is 253 g/mol. The van der Waals surface area contributed by atoms with Gasteiger partial charge in [0.1, 0.15) is 0 Å². The summed E-state index contributed by atoms with van der Waals surface area (Å²) in [4.78, 5) is 29.6. The molecule has 1 aromatic rings. The van der Waals surface area contributed by atoms with Gasteiger partial charge in [-0.05, 0) is 12.8 Å². The van der Waals surface area contributed by atoms with E-state index in [2.05, 4.69) is 15.3 Å². The molecule has 0 spiro atoms. The molecule has 18 heavy (non-hydrogen) atoms. The number of aromatic nitrogens is 2. The highest BCUT2D eigenvalue weighted by Crippen LogP contribution is 2.12. The number of carbonyl (C=O) groups is 2. The van der Waals surface area contributed by atoms with Gasteiger partial charge in [-0.2, -0.15) is 0 Å². The van der Waals surface area contributed by atoms with Crippen molar-refractivity contribution in [2.24, 2.45) is 5.41 Å². The standard InChI is InChI=1S/C12H19N3O3/c1-12(2,3)10(16)15-11(17)18-6-4-5-9-7-13-8-14-9/h7-8H,4-6H2,1-3H3,(H,13,14)(H,15,16,17). The van der Waals surface area contributed by atoms with Crippen molar-refractivity contribution in [2.75, 3.05) is 6.61 Å². The summed E-state index contributed by atoms with van der Waals surface area (Å²) in [7, 11) is 0. The number of imidazole rings is 1. The van der Waals surface area contributed by atoms with Gasteiger partial charge in [0.25, 0.3) is 0 Å². The summed E-state index contributed by atoms with van der Waals surface area (Å²) in [6.45, 7) is 5.45. The number of H-pyrrole nitrogens is 1. The highest BCUT2D eigenvalue weighted by Gasteiger charge is 2.23. The second-order valence-corrected chi connectivity index (χ2v) is 5.00. The zero-order valence-corrected chi connectivity index (χ0v) is 10.9. The Morgan fingerprint density at radius 3 is 2.72 bits per heavy atom. The minimum atomic E-state index is -0.697. The molecule has 0 aliphatic carbocycles. The molecule has 0 aromatic carbocycles. The third kappa shape index (κ3) is 4.99. The Kier molecular flexibility index (Phi) is 4.88. The summed E-state index contributed by atoms with van der Waals surface area (Å²) < 4.78 is 4.90. The fraction of sp³-hybridized carbons (Fsp3) is 0.583. The van der Waals surface area contributed by atoms with Crippen molar-refractivity contribution in [3.63, 3.8) is 0 Å². The number of nitrogens with one attached hydrogen (secondary N) is 2. The fourth-order valence-electron chi connectivity index (χ4n) is 1.16. The summed E-state index contributed by atoms with van der Waals surface area (Å²) in [6.07, 6.45) is 4.09. The molecule has 0 saturated carbocycles. The second kappa shape index (κ2) is 6.18. The Bertz CT molecular complexity index is 393. The molecule has 0 saturated heterocycles. The first-order valence-corrected chi connectivity index (χ1v) is 5.85. The molecular weight excluding hydrogens is 234 g/mol. The maximum atomic E-state index is 11.5. The van der Waals surface area contributed by atoms with Gasteiger partial charge in [-0.25, -0.2) is 9.78 Å². The lowest BCUT2D eigenvalue weighted by molar-refractivity contribution is -0.127. The van der Waals surface area contributed by atoms with Crippen LogP contribution >= 0.6 is 0 Å². The fourth-order valence-corrected chi connectivity index (χ4v) is 1.16. The maximum absolute atomic E-state index is 11.5. The van der Waals surface area contributed by atoms with Crippen molar-refractivity contribution in [1.29, 1.82) is 0 Å². The lowest BCUT2D eigenvalue weighted by Gasteiger charge is -2.16. The van der Waals surface area contributed by atoms with Crippen LogP contribution in [0.4, 0.5) is 4.79 Å². The summed E-state index contributed by atoms with van der Waals surface area (Å²) in [5.74, 6) is -0.347. The van der Waals surface area contributed by atoms with Crippen molar-refractivity contribution in [3.8, 4) is 0 Å². The number of rotatable bonds is 4. The van der Waals surface area contributed by atoms with Crippen molar-refractivity contribution in [3.05, 3.63) is 18.2 Å². The monoisotopic (exact) mass is 253 g/mol. The molecule has 100 valence electrons. The Labute approximate surface area is 106 Å². The first-order chi connectivity index (χ1) is 8.39. The molecule has 1 rings (SSSR count). The van der Waals surface area contributed by atoms with Gasteiger partial charge in [0.15, 0.2) is 0 Å². The van der Waals surface area contributed by atoms with E-state index in [1.807, 2.05) is 0 Å². The van der Waals surface area contributed by atoms with E-state index in [-0.39, 0.29) is 12.5 Å². The molecule has 0 unspecified atom stereocenters. The molecule has 6 nitrogen and oxygen atoms in total. The predicted octanol–water partition coefficient (Wildman–Crippen LogP) is 1.64. The lowest BCUT2D eigenvalue weighted by Crippen LogP contribution is -2.39. The third-order valence-corrected chi connectivity index (χ3v) is 2.26. The zero-order chi connectivity index (χ0) is 13.6. The molecule has 0 aliphatic rings. The molecule has 0 atom stereocenters. The number of imide groups is 1. The van der Waals surface area contributed by atoms with Gasteiger partial charge in [-0.15, -0.1) is 0 Å². The van der Waals surface area contributed by atoms with Crippen LogP contribution in [0.15, 0.2) is 12.5 Å². The van der Waals surface area contributed by atoms with E-state index in [9.17, 15) is 9.59 Å². The van der Waals surface area contributed by atoms with E-state index in [4.69, 9.17) is 4.74 Å². The van der Waals surface area contributed by atoms with Gasteiger partial charge >= 0.3 is 6.09 Å². The molecule has 2 amide bonds. The number of carbonyl (C=O) groups excluding carboxylic acids is 2. The number of hydrogen-bond acceptors (Lipinski definition) is 4. The summed E-state index contributed by atoms with van der Waals surface area (Å²) in [5.41, 5.74) is 0.318. The first kappa shape index (κ1) is 14.2. The highest BCUT2D eigenvalue weighted by molar-refractivity contribution is 5.94. The third-order valence-electron chi connectivity index (χ3n) is 2.26. The van der Waals surface area contributed by atoms with E-state index in [0.717, 1.165) is 12.1 Å². The van der Waals surface area contributed by atoms with Gasteiger partial charge in [-0.3, -0.25) is 10.1 Å². The van der Waals surface area contributed by atoms with E-state index < -0.39 is 11.5 Å². The molecule has 0 fully saturated rings. The van der Waals surface area contributed by atoms with Crippen LogP contribution in [0.1, 0.15) is 32.9 Å². The molecule has 1 heterocycles. The second-order valence-electron chi connectivity index (χ2n) is 5.00. The number of aryl methyl sites for hydroxylation is 1. The SMILES string of the molecule is CC(C)(C)C(=O)NC(=O)OCCCc1c[nH]cn1. The van der Waals surface area contributed by atoms with E-state index >= 15 is 0 Å². The number of aromatic amines is 1. The highest BCUT2D eigenvalue weighted by atomic mass is 16.5. The van der Waals surface area contributed by atoms with Gasteiger partial charge in [0.05, 0.1) is 18.6 Å². The molecule has 0 aliphatic heterocycles. The van der Waals surface area contributed by atoms with Gasteiger partial charge in [-0.1, -0.05) is 20.8 Å². The Hall–Kier alpha value is -1.85. The smallest absolute Gasteiger partial charge is 0.413 e. The largest absolute Gasteiger partial charge is 0.449 e. The van der Waals surface area contributed by atoms with Crippen LogP contribution in [-0.4, -0.2) is 28.6 Å². The predicted molar refractivity (Wildman–Crippen MR) is 65.9 cm³/mol. The Morgan fingerprint density at radius 1 is 1.44 bits per heavy atom. The summed E-state index contributed by atoms with van der Waals surface area (Å²) >= 11 is 0. The van der Waals surface area contributed by atoms with Crippen LogP contribution in [-0.2, 0) is 16.0 Å². The number of alkyl carbamates (subject to hydrolysis) is 1. The molecule has 0 radical (unpaired) electrons. The van der Waals surface area contributed by atoms with Crippen molar-refractivity contribution >= 4 is 12.0 Å². The summed E-state index contributed by atoms with van der Waals surface area (Å²) in [6, 6.07) is 0. The lowest BCUT2D eigenvalue weighted by atomic mass is 9.96. The average Bonchev–Trinajstić information content (AvgIpc) is 2.75. The van der Waals surface area contributed by atoms with Crippen molar-refractivity contribution in [1.82, 2.24) is 15.3 Å². The number of ether oxygens (including phenoxy) is 1. The molecule has 2 N–H and O–H groups in total. The van der Waals surface area contributed by atoms with Gasteiger partial charge in [0, 0.05) is 11.6 Å². The summed E-state index contributed by atoms with van der Waals surface area (Å²) in [5, 5.41) is 2.19. The number of hydrogen-bond donors (Lipinski definition) is 2. The number of nitrogens with zero attached hydrogens (tertiary/aromatic N) is 1. The maximum Gasteiger partial charge on any atom is 0.413 e. The molecule has 6 heteroatoms.